The van der Waals surface area contributed by atoms with E-state index in [2.05, 4.69) is 36.9 Å². The molecule has 0 aliphatic rings. The van der Waals surface area contributed by atoms with Crippen LogP contribution in [-0.2, 0) is 13.2 Å². The Balaban J connectivity index is 1.74. The van der Waals surface area contributed by atoms with Gasteiger partial charge < -0.3 is 20.6 Å². The third kappa shape index (κ3) is 5.01. The van der Waals surface area contributed by atoms with Gasteiger partial charge in [0.05, 0.1) is 17.6 Å². The van der Waals surface area contributed by atoms with E-state index in [1.54, 1.807) is 0 Å². The zero-order valence-electron chi connectivity index (χ0n) is 14.5. The molecule has 0 aliphatic carbocycles. The second-order valence-electron chi connectivity index (χ2n) is 5.54. The van der Waals surface area contributed by atoms with Crippen LogP contribution in [0.1, 0.15) is 18.1 Å². The highest BCUT2D eigenvalue weighted by Crippen LogP contribution is 2.37. The molecule has 3 N–H and O–H groups in total. The molecule has 0 aliphatic heterocycles. The van der Waals surface area contributed by atoms with Crippen LogP contribution in [0.3, 0.4) is 0 Å². The Kier molecular flexibility index (Phi) is 6.36. The molecule has 0 spiro atoms. The summed E-state index contributed by atoms with van der Waals surface area (Å²) >= 11 is 9.48. The number of aromatic nitrogens is 4. The topological polar surface area (TPSA) is 100 Å². The fourth-order valence-electron chi connectivity index (χ4n) is 2.34. The number of rotatable bonds is 8. The predicted molar refractivity (Wildman–Crippen MR) is 106 cm³/mol. The van der Waals surface area contributed by atoms with Gasteiger partial charge in [-0.1, -0.05) is 28.8 Å². The summed E-state index contributed by atoms with van der Waals surface area (Å²) in [5.41, 5.74) is 10.6. The Morgan fingerprint density at radius 3 is 2.63 bits per heavy atom. The van der Waals surface area contributed by atoms with Gasteiger partial charge >= 0.3 is 0 Å². The van der Waals surface area contributed by atoms with Gasteiger partial charge in [0.15, 0.2) is 11.5 Å². The Bertz CT molecular complexity index is 903. The molecular weight excluding hydrogens is 436 g/mol. The summed E-state index contributed by atoms with van der Waals surface area (Å²) in [6.07, 6.45) is 0. The van der Waals surface area contributed by atoms with Gasteiger partial charge in [-0.25, -0.2) is 0 Å². The number of benzene rings is 2. The number of nitrogen functional groups attached to an aromatic ring is 1. The average molecular weight is 454 g/mol. The predicted octanol–water partition coefficient (Wildman–Crippen LogP) is 3.39. The van der Waals surface area contributed by atoms with Gasteiger partial charge in [0, 0.05) is 5.02 Å². The number of nitrogens with one attached hydrogen (secondary N) is 1. The smallest absolute Gasteiger partial charge is 0.260 e. The lowest BCUT2D eigenvalue weighted by Crippen LogP contribution is -2.18. The fourth-order valence-corrected chi connectivity index (χ4v) is 3.07. The normalized spacial score (nSPS) is 10.6. The molecule has 0 bridgehead atoms. The molecule has 0 amide bonds. The molecule has 27 heavy (non-hydrogen) atoms. The van der Waals surface area contributed by atoms with Crippen molar-refractivity contribution in [1.29, 1.82) is 0 Å². The van der Waals surface area contributed by atoms with Crippen LogP contribution in [0.5, 0.6) is 11.5 Å². The van der Waals surface area contributed by atoms with Crippen molar-refractivity contribution in [2.45, 2.75) is 20.1 Å². The van der Waals surface area contributed by atoms with Crippen LogP contribution in [0.15, 0.2) is 40.9 Å². The van der Waals surface area contributed by atoms with E-state index in [0.29, 0.717) is 36.3 Å². The van der Waals surface area contributed by atoms with Crippen LogP contribution < -0.4 is 20.6 Å². The highest BCUT2D eigenvalue weighted by atomic mass is 79.9. The van der Waals surface area contributed by atoms with Gasteiger partial charge in [-0.3, -0.25) is 0 Å². The van der Waals surface area contributed by atoms with E-state index >= 15 is 0 Å². The summed E-state index contributed by atoms with van der Waals surface area (Å²) in [7, 11) is 0. The SMILES string of the molecule is CCOc1cc(CNn2nnnc2N)cc(Br)c1OCc1ccc(Cl)cc1. The molecule has 142 valence electrons. The number of hydrogen-bond acceptors (Lipinski definition) is 7. The Morgan fingerprint density at radius 2 is 1.96 bits per heavy atom. The Labute approximate surface area is 169 Å². The van der Waals surface area contributed by atoms with Crippen LogP contribution in [0.4, 0.5) is 5.95 Å². The quantitative estimate of drug-likeness (QED) is 0.539. The van der Waals surface area contributed by atoms with Crippen LogP contribution in [0.25, 0.3) is 0 Å². The molecule has 1 heterocycles. The van der Waals surface area contributed by atoms with Crippen LogP contribution in [-0.4, -0.2) is 26.9 Å². The number of anilines is 1. The van der Waals surface area contributed by atoms with Gasteiger partial charge in [-0.15, -0.1) is 4.79 Å². The monoisotopic (exact) mass is 452 g/mol. The summed E-state index contributed by atoms with van der Waals surface area (Å²) in [6, 6.07) is 11.3. The molecule has 8 nitrogen and oxygen atoms in total. The first-order chi connectivity index (χ1) is 13.1. The molecule has 0 unspecified atom stereocenters. The van der Waals surface area contributed by atoms with Crippen LogP contribution in [0, 0.1) is 0 Å². The summed E-state index contributed by atoms with van der Waals surface area (Å²) in [5.74, 6) is 1.46. The molecular formula is C17H18BrClN6O2. The number of halogens is 2. The third-order valence-electron chi connectivity index (χ3n) is 3.59. The molecule has 1 aromatic heterocycles. The van der Waals surface area contributed by atoms with Crippen molar-refractivity contribution >= 4 is 33.5 Å². The van der Waals surface area contributed by atoms with E-state index in [0.717, 1.165) is 15.6 Å². The van der Waals surface area contributed by atoms with E-state index in [1.807, 2.05) is 43.3 Å². The minimum atomic E-state index is 0.182. The first-order valence-corrected chi connectivity index (χ1v) is 9.34. The Morgan fingerprint density at radius 1 is 1.19 bits per heavy atom. The molecule has 10 heteroatoms. The number of tetrazole rings is 1. The maximum atomic E-state index is 5.98. The second kappa shape index (κ2) is 8.92. The molecule has 3 aromatic rings. The van der Waals surface area contributed by atoms with Gasteiger partial charge in [-0.2, -0.15) is 0 Å². The van der Waals surface area contributed by atoms with Crippen molar-refractivity contribution in [2.75, 3.05) is 17.8 Å². The van der Waals surface area contributed by atoms with Crippen molar-refractivity contribution in [3.63, 3.8) is 0 Å². The number of hydrogen-bond donors (Lipinski definition) is 2. The minimum absolute atomic E-state index is 0.182. The largest absolute Gasteiger partial charge is 0.490 e. The first kappa shape index (κ1) is 19.2. The maximum absolute atomic E-state index is 5.98. The summed E-state index contributed by atoms with van der Waals surface area (Å²) < 4.78 is 12.5. The molecule has 0 saturated heterocycles. The second-order valence-corrected chi connectivity index (χ2v) is 6.83. The van der Waals surface area contributed by atoms with Gasteiger partial charge in [-0.05, 0) is 68.7 Å². The van der Waals surface area contributed by atoms with Crippen LogP contribution >= 0.6 is 27.5 Å². The lowest BCUT2D eigenvalue weighted by molar-refractivity contribution is 0.267. The van der Waals surface area contributed by atoms with Gasteiger partial charge in [0.25, 0.3) is 5.95 Å². The Hall–Kier alpha value is -2.52. The minimum Gasteiger partial charge on any atom is -0.490 e. The molecule has 0 radical (unpaired) electrons. The van der Waals surface area contributed by atoms with Crippen LogP contribution in [0.2, 0.25) is 5.02 Å². The summed E-state index contributed by atoms with van der Waals surface area (Å²) in [5, 5.41) is 11.5. The third-order valence-corrected chi connectivity index (χ3v) is 4.43. The molecule has 2 aromatic carbocycles. The lowest BCUT2D eigenvalue weighted by Gasteiger charge is -2.16. The van der Waals surface area contributed by atoms with Crippen molar-refractivity contribution in [3.8, 4) is 11.5 Å². The van der Waals surface area contributed by atoms with Crippen molar-refractivity contribution < 1.29 is 9.47 Å². The van der Waals surface area contributed by atoms with Crippen molar-refractivity contribution in [3.05, 3.63) is 57.0 Å². The highest BCUT2D eigenvalue weighted by molar-refractivity contribution is 9.10. The van der Waals surface area contributed by atoms with E-state index in [-0.39, 0.29) is 5.95 Å². The zero-order chi connectivity index (χ0) is 19.2. The summed E-state index contributed by atoms with van der Waals surface area (Å²) in [6.45, 7) is 3.28. The maximum Gasteiger partial charge on any atom is 0.260 e. The molecule has 0 atom stereocenters. The lowest BCUT2D eigenvalue weighted by atomic mass is 10.2. The number of nitrogens with zero attached hydrogens (tertiary/aromatic N) is 4. The highest BCUT2D eigenvalue weighted by Gasteiger charge is 2.13. The van der Waals surface area contributed by atoms with E-state index < -0.39 is 0 Å². The van der Waals surface area contributed by atoms with Gasteiger partial charge in [0.1, 0.15) is 6.61 Å². The summed E-state index contributed by atoms with van der Waals surface area (Å²) in [4.78, 5) is 1.30. The van der Waals surface area contributed by atoms with Crippen molar-refractivity contribution in [1.82, 2.24) is 20.3 Å². The van der Waals surface area contributed by atoms with Gasteiger partial charge in [0.2, 0.25) is 0 Å². The zero-order valence-corrected chi connectivity index (χ0v) is 16.9. The molecule has 3 rings (SSSR count). The van der Waals surface area contributed by atoms with E-state index in [1.165, 1.54) is 4.79 Å². The average Bonchev–Trinajstić information content (AvgIpc) is 3.06. The first-order valence-electron chi connectivity index (χ1n) is 8.17. The van der Waals surface area contributed by atoms with E-state index in [4.69, 9.17) is 26.8 Å². The molecule has 0 saturated carbocycles. The standard InChI is InChI=1S/C17H18BrClN6O2/c1-2-26-15-8-12(9-21-25-17(20)22-23-24-25)7-14(18)16(15)27-10-11-3-5-13(19)6-4-11/h3-8,21H,2,9-10H2,1H3,(H2,20,22,24). The van der Waals surface area contributed by atoms with Crippen molar-refractivity contribution in [2.24, 2.45) is 0 Å². The fraction of sp³-hybridized carbons (Fsp3) is 0.235. The molecule has 0 fully saturated rings. The number of ether oxygens (including phenoxy) is 2. The van der Waals surface area contributed by atoms with E-state index in [9.17, 15) is 0 Å². The number of nitrogens with two attached hydrogens (primary N) is 1.